The van der Waals surface area contributed by atoms with Crippen LogP contribution in [0.1, 0.15) is 23.6 Å². The fourth-order valence-corrected chi connectivity index (χ4v) is 3.22. The number of aliphatic carboxylic acids is 1. The third-order valence-electron chi connectivity index (χ3n) is 3.89. The second kappa shape index (κ2) is 5.25. The lowest BCUT2D eigenvalue weighted by atomic mass is 9.88. The van der Waals surface area contributed by atoms with E-state index in [9.17, 15) is 4.79 Å². The Morgan fingerprint density at radius 3 is 2.80 bits per heavy atom. The van der Waals surface area contributed by atoms with Crippen LogP contribution in [-0.4, -0.2) is 20.2 Å². The monoisotopic (exact) mass is 288 g/mol. The number of carboxylic acid groups (broad SMARTS) is 1. The molecule has 1 aliphatic carbocycles. The third-order valence-corrected chi connectivity index (χ3v) is 4.34. The van der Waals surface area contributed by atoms with Crippen LogP contribution in [0.15, 0.2) is 36.7 Å². The first-order valence-electron chi connectivity index (χ1n) is 6.71. The highest BCUT2D eigenvalue weighted by Crippen LogP contribution is 2.29. The van der Waals surface area contributed by atoms with E-state index in [1.165, 1.54) is 11.1 Å². The Hall–Kier alpha value is -1.88. The molecule has 4 nitrogen and oxygen atoms in total. The smallest absolute Gasteiger partial charge is 0.323 e. The van der Waals surface area contributed by atoms with Crippen molar-refractivity contribution in [2.45, 2.75) is 31.8 Å². The van der Waals surface area contributed by atoms with E-state index in [-0.39, 0.29) is 6.54 Å². The topological polar surface area (TPSA) is 47.2 Å². The molecule has 1 aliphatic rings. The number of imidazole rings is 1. The summed E-state index contributed by atoms with van der Waals surface area (Å²) in [5.74, 6) is -0.868. The van der Waals surface area contributed by atoms with E-state index in [1.54, 1.807) is 10.8 Å². The summed E-state index contributed by atoms with van der Waals surface area (Å²) < 4.78 is 4.24. The molecular formula is C15H16N2O2S. The van der Waals surface area contributed by atoms with Crippen LogP contribution in [-0.2, 0) is 24.2 Å². The number of rotatable bonds is 3. The number of nitrogens with zero attached hydrogens (tertiary/aromatic N) is 2. The van der Waals surface area contributed by atoms with Crippen molar-refractivity contribution in [3.05, 3.63) is 52.6 Å². The van der Waals surface area contributed by atoms with E-state index < -0.39 is 5.97 Å². The van der Waals surface area contributed by atoms with Gasteiger partial charge in [-0.15, -0.1) is 0 Å². The molecule has 104 valence electrons. The highest BCUT2D eigenvalue weighted by Gasteiger charge is 2.20. The van der Waals surface area contributed by atoms with Crippen LogP contribution in [0.5, 0.6) is 0 Å². The fourth-order valence-electron chi connectivity index (χ4n) is 2.89. The molecule has 0 bridgehead atoms. The summed E-state index contributed by atoms with van der Waals surface area (Å²) in [6.07, 6.45) is 6.72. The molecule has 0 fully saturated rings. The molecule has 0 amide bonds. The number of carboxylic acids is 1. The first-order valence-corrected chi connectivity index (χ1v) is 7.12. The molecule has 1 N–H and O–H groups in total. The number of aromatic nitrogens is 2. The van der Waals surface area contributed by atoms with Gasteiger partial charge in [-0.3, -0.25) is 4.79 Å². The molecule has 1 unspecified atom stereocenters. The lowest BCUT2D eigenvalue weighted by Gasteiger charge is -2.25. The van der Waals surface area contributed by atoms with Crippen LogP contribution in [0.3, 0.4) is 0 Å². The number of hydrogen-bond acceptors (Lipinski definition) is 2. The average Bonchev–Trinajstić information content (AvgIpc) is 2.79. The van der Waals surface area contributed by atoms with Crippen molar-refractivity contribution < 1.29 is 9.90 Å². The molecule has 1 atom stereocenters. The minimum atomic E-state index is -0.868. The van der Waals surface area contributed by atoms with Crippen LogP contribution >= 0.6 is 12.2 Å². The van der Waals surface area contributed by atoms with E-state index in [1.807, 2.05) is 10.8 Å². The van der Waals surface area contributed by atoms with E-state index in [2.05, 4.69) is 24.3 Å². The second-order valence-corrected chi connectivity index (χ2v) is 5.54. The van der Waals surface area contributed by atoms with E-state index in [4.69, 9.17) is 17.3 Å². The van der Waals surface area contributed by atoms with Crippen molar-refractivity contribution in [2.24, 2.45) is 0 Å². The zero-order valence-corrected chi connectivity index (χ0v) is 11.8. The Morgan fingerprint density at radius 2 is 2.05 bits per heavy atom. The summed E-state index contributed by atoms with van der Waals surface area (Å²) in [6, 6.07) is 8.82. The van der Waals surface area contributed by atoms with Crippen molar-refractivity contribution in [2.75, 3.05) is 0 Å². The van der Waals surface area contributed by atoms with Gasteiger partial charge in [0.05, 0.1) is 0 Å². The van der Waals surface area contributed by atoms with Crippen LogP contribution in [0.4, 0.5) is 0 Å². The van der Waals surface area contributed by atoms with Gasteiger partial charge in [-0.2, -0.15) is 0 Å². The van der Waals surface area contributed by atoms with Gasteiger partial charge in [0.1, 0.15) is 6.54 Å². The Morgan fingerprint density at radius 1 is 1.30 bits per heavy atom. The summed E-state index contributed by atoms with van der Waals surface area (Å²) in [6.45, 7) is -0.0743. The predicted molar refractivity (Wildman–Crippen MR) is 78.4 cm³/mol. The Balaban J connectivity index is 1.87. The first-order chi connectivity index (χ1) is 9.65. The normalized spacial score (nSPS) is 17.7. The van der Waals surface area contributed by atoms with Crippen molar-refractivity contribution in [1.82, 2.24) is 9.13 Å². The second-order valence-electron chi connectivity index (χ2n) is 5.17. The molecule has 2 aromatic rings. The molecule has 0 saturated heterocycles. The number of aryl methyl sites for hydroxylation is 1. The number of fused-ring (bicyclic) bond motifs is 1. The molecule has 0 spiro atoms. The summed E-state index contributed by atoms with van der Waals surface area (Å²) in [5.41, 5.74) is 2.79. The number of benzene rings is 1. The summed E-state index contributed by atoms with van der Waals surface area (Å²) in [5, 5.41) is 8.86. The lowest BCUT2D eigenvalue weighted by Crippen LogP contribution is -2.19. The van der Waals surface area contributed by atoms with E-state index in [0.717, 1.165) is 19.3 Å². The largest absolute Gasteiger partial charge is 0.480 e. The van der Waals surface area contributed by atoms with E-state index >= 15 is 0 Å². The van der Waals surface area contributed by atoms with Crippen LogP contribution in [0.25, 0.3) is 0 Å². The van der Waals surface area contributed by atoms with Gasteiger partial charge >= 0.3 is 5.97 Å². The molecule has 20 heavy (non-hydrogen) atoms. The van der Waals surface area contributed by atoms with Crippen LogP contribution < -0.4 is 0 Å². The van der Waals surface area contributed by atoms with Crippen molar-refractivity contribution >= 4 is 18.2 Å². The van der Waals surface area contributed by atoms with Gasteiger partial charge in [-0.05, 0) is 42.6 Å². The Labute approximate surface area is 122 Å². The van der Waals surface area contributed by atoms with Crippen LogP contribution in [0, 0.1) is 4.77 Å². The molecule has 0 aliphatic heterocycles. The van der Waals surface area contributed by atoms with Crippen molar-refractivity contribution in [3.63, 3.8) is 0 Å². The predicted octanol–water partition coefficient (Wildman–Crippen LogP) is 2.83. The fraction of sp³-hybridized carbons (Fsp3) is 0.333. The van der Waals surface area contributed by atoms with Gasteiger partial charge in [-0.1, -0.05) is 24.3 Å². The molecule has 1 aromatic carbocycles. The minimum Gasteiger partial charge on any atom is -0.480 e. The zero-order chi connectivity index (χ0) is 14.1. The van der Waals surface area contributed by atoms with Gasteiger partial charge in [0.2, 0.25) is 0 Å². The van der Waals surface area contributed by atoms with Gasteiger partial charge < -0.3 is 14.2 Å². The molecule has 3 rings (SSSR count). The lowest BCUT2D eigenvalue weighted by molar-refractivity contribution is -0.137. The zero-order valence-electron chi connectivity index (χ0n) is 11.0. The van der Waals surface area contributed by atoms with E-state index in [0.29, 0.717) is 10.8 Å². The summed E-state index contributed by atoms with van der Waals surface area (Å²) in [4.78, 5) is 10.8. The number of hydrogen-bond donors (Lipinski definition) is 1. The average molecular weight is 288 g/mol. The van der Waals surface area contributed by atoms with Crippen LogP contribution in [0.2, 0.25) is 0 Å². The maximum atomic E-state index is 10.8. The highest BCUT2D eigenvalue weighted by molar-refractivity contribution is 7.71. The van der Waals surface area contributed by atoms with Gasteiger partial charge in [-0.25, -0.2) is 0 Å². The van der Waals surface area contributed by atoms with Gasteiger partial charge in [0.15, 0.2) is 4.77 Å². The minimum absolute atomic E-state index is 0.0743. The summed E-state index contributed by atoms with van der Waals surface area (Å²) >= 11 is 5.39. The van der Waals surface area contributed by atoms with Gasteiger partial charge in [0, 0.05) is 18.4 Å². The quantitative estimate of drug-likeness (QED) is 0.883. The number of carbonyl (C=O) groups is 1. The molecule has 0 saturated carbocycles. The highest BCUT2D eigenvalue weighted by atomic mass is 32.1. The third kappa shape index (κ3) is 2.41. The molecule has 1 heterocycles. The Kier molecular flexibility index (Phi) is 3.44. The molecule has 1 aromatic heterocycles. The molecule has 0 radical (unpaired) electrons. The molecule has 5 heteroatoms. The van der Waals surface area contributed by atoms with Gasteiger partial charge in [0.25, 0.3) is 0 Å². The maximum absolute atomic E-state index is 10.8. The standard InChI is InChI=1S/C15H16N2O2S/c18-14(19)10-16-7-8-17(15(16)20)13-6-5-11-3-1-2-4-12(11)9-13/h1-4,7-8,13H,5-6,9-10H2,(H,18,19). The van der Waals surface area contributed by atoms with Crippen molar-refractivity contribution in [3.8, 4) is 0 Å². The SMILES string of the molecule is O=C(O)Cn1ccn(C2CCc3ccccc3C2)c1=S. The molecular weight excluding hydrogens is 272 g/mol. The maximum Gasteiger partial charge on any atom is 0.323 e. The summed E-state index contributed by atoms with van der Waals surface area (Å²) in [7, 11) is 0. The van der Waals surface area contributed by atoms with Crippen molar-refractivity contribution in [1.29, 1.82) is 0 Å². The Bertz CT molecular complexity index is 702. The first kappa shape index (κ1) is 13.1.